The van der Waals surface area contributed by atoms with E-state index in [1.807, 2.05) is 6.07 Å². The standard InChI is InChI=1S/C14H18BrClN2O/c15-11-3-4-12(13(16)8-11)14(19)18-7-5-10-2-1-6-17-9-10/h3-4,8,10,17H,1-2,5-7,9H2,(H,18,19). The highest BCUT2D eigenvalue weighted by Gasteiger charge is 2.14. The first-order chi connectivity index (χ1) is 9.16. The van der Waals surface area contributed by atoms with Crippen LogP contribution in [0.1, 0.15) is 29.6 Å². The first-order valence-electron chi connectivity index (χ1n) is 6.61. The van der Waals surface area contributed by atoms with E-state index in [0.29, 0.717) is 23.0 Å². The molecule has 19 heavy (non-hydrogen) atoms. The van der Waals surface area contributed by atoms with Gasteiger partial charge in [0.1, 0.15) is 0 Å². The average Bonchev–Trinajstić information content (AvgIpc) is 2.39. The highest BCUT2D eigenvalue weighted by atomic mass is 79.9. The fourth-order valence-electron chi connectivity index (χ4n) is 2.33. The molecule has 1 fully saturated rings. The van der Waals surface area contributed by atoms with Crippen LogP contribution in [0.15, 0.2) is 22.7 Å². The molecule has 1 aliphatic rings. The maximum atomic E-state index is 12.0. The minimum Gasteiger partial charge on any atom is -0.352 e. The zero-order valence-electron chi connectivity index (χ0n) is 10.7. The maximum Gasteiger partial charge on any atom is 0.252 e. The molecule has 104 valence electrons. The second kappa shape index (κ2) is 7.27. The van der Waals surface area contributed by atoms with Gasteiger partial charge in [0.25, 0.3) is 5.91 Å². The van der Waals surface area contributed by atoms with Crippen LogP contribution in [0.4, 0.5) is 0 Å². The summed E-state index contributed by atoms with van der Waals surface area (Å²) < 4.78 is 0.877. The van der Waals surface area contributed by atoms with Gasteiger partial charge in [0.15, 0.2) is 0 Å². The third kappa shape index (κ3) is 4.48. The molecule has 3 nitrogen and oxygen atoms in total. The van der Waals surface area contributed by atoms with Crippen molar-refractivity contribution in [2.45, 2.75) is 19.3 Å². The molecule has 2 N–H and O–H groups in total. The Balaban J connectivity index is 1.80. The fraction of sp³-hybridized carbons (Fsp3) is 0.500. The lowest BCUT2D eigenvalue weighted by Crippen LogP contribution is -2.33. The van der Waals surface area contributed by atoms with E-state index < -0.39 is 0 Å². The molecule has 1 amide bonds. The lowest BCUT2D eigenvalue weighted by Gasteiger charge is -2.22. The van der Waals surface area contributed by atoms with E-state index in [0.717, 1.165) is 24.0 Å². The molecule has 1 heterocycles. The zero-order valence-corrected chi connectivity index (χ0v) is 13.1. The van der Waals surface area contributed by atoms with Crippen LogP contribution in [0.25, 0.3) is 0 Å². The van der Waals surface area contributed by atoms with Crippen molar-refractivity contribution in [2.24, 2.45) is 5.92 Å². The van der Waals surface area contributed by atoms with Crippen molar-refractivity contribution in [3.8, 4) is 0 Å². The third-order valence-corrected chi connectivity index (χ3v) is 4.22. The number of carbonyl (C=O) groups is 1. The Morgan fingerprint density at radius 3 is 3.05 bits per heavy atom. The summed E-state index contributed by atoms with van der Waals surface area (Å²) >= 11 is 9.38. The number of piperidine rings is 1. The molecule has 0 radical (unpaired) electrons. The molecule has 1 aromatic rings. The molecule has 2 rings (SSSR count). The Labute approximate surface area is 127 Å². The van der Waals surface area contributed by atoms with Crippen molar-refractivity contribution in [3.63, 3.8) is 0 Å². The summed E-state index contributed by atoms with van der Waals surface area (Å²) in [4.78, 5) is 12.0. The van der Waals surface area contributed by atoms with Gasteiger partial charge in [-0.25, -0.2) is 0 Å². The number of carbonyl (C=O) groups excluding carboxylic acids is 1. The van der Waals surface area contributed by atoms with Crippen LogP contribution < -0.4 is 10.6 Å². The van der Waals surface area contributed by atoms with Crippen LogP contribution in [-0.4, -0.2) is 25.5 Å². The Morgan fingerprint density at radius 1 is 1.53 bits per heavy atom. The molecule has 1 saturated heterocycles. The van der Waals surface area contributed by atoms with Crippen LogP contribution >= 0.6 is 27.5 Å². The normalized spacial score (nSPS) is 19.2. The van der Waals surface area contributed by atoms with Crippen molar-refractivity contribution in [3.05, 3.63) is 33.3 Å². The predicted octanol–water partition coefficient (Wildman–Crippen LogP) is 3.22. The minimum atomic E-state index is -0.0960. The number of hydrogen-bond donors (Lipinski definition) is 2. The van der Waals surface area contributed by atoms with Crippen molar-refractivity contribution in [2.75, 3.05) is 19.6 Å². The Morgan fingerprint density at radius 2 is 2.37 bits per heavy atom. The second-order valence-electron chi connectivity index (χ2n) is 4.88. The van der Waals surface area contributed by atoms with E-state index in [4.69, 9.17) is 11.6 Å². The predicted molar refractivity (Wildman–Crippen MR) is 81.7 cm³/mol. The number of nitrogens with one attached hydrogen (secondary N) is 2. The lowest BCUT2D eigenvalue weighted by atomic mass is 9.96. The quantitative estimate of drug-likeness (QED) is 0.879. The molecule has 0 saturated carbocycles. The van der Waals surface area contributed by atoms with Gasteiger partial charge < -0.3 is 10.6 Å². The molecule has 5 heteroatoms. The molecule has 1 unspecified atom stereocenters. The lowest BCUT2D eigenvalue weighted by molar-refractivity contribution is 0.0951. The monoisotopic (exact) mass is 344 g/mol. The topological polar surface area (TPSA) is 41.1 Å². The maximum absolute atomic E-state index is 12.0. The molecule has 1 atom stereocenters. The van der Waals surface area contributed by atoms with E-state index in [2.05, 4.69) is 26.6 Å². The van der Waals surface area contributed by atoms with Crippen LogP contribution in [0.2, 0.25) is 5.02 Å². The Bertz CT molecular complexity index is 447. The van der Waals surface area contributed by atoms with Crippen molar-refractivity contribution < 1.29 is 4.79 Å². The van der Waals surface area contributed by atoms with Gasteiger partial charge >= 0.3 is 0 Å². The highest BCUT2D eigenvalue weighted by molar-refractivity contribution is 9.10. The van der Waals surface area contributed by atoms with Crippen molar-refractivity contribution in [1.82, 2.24) is 10.6 Å². The zero-order chi connectivity index (χ0) is 13.7. The van der Waals surface area contributed by atoms with Gasteiger partial charge in [-0.15, -0.1) is 0 Å². The Hall–Kier alpha value is -0.580. The van der Waals surface area contributed by atoms with Crippen LogP contribution in [0.3, 0.4) is 0 Å². The van der Waals surface area contributed by atoms with Gasteiger partial charge in [-0.3, -0.25) is 4.79 Å². The minimum absolute atomic E-state index is 0.0960. The van der Waals surface area contributed by atoms with Gasteiger partial charge in [-0.1, -0.05) is 27.5 Å². The molecule has 0 spiro atoms. The first kappa shape index (κ1) is 14.8. The van der Waals surface area contributed by atoms with Gasteiger partial charge in [-0.2, -0.15) is 0 Å². The van der Waals surface area contributed by atoms with Gasteiger partial charge in [0, 0.05) is 11.0 Å². The molecule has 0 aromatic heterocycles. The largest absolute Gasteiger partial charge is 0.352 e. The fourth-order valence-corrected chi connectivity index (χ4v) is 3.09. The Kier molecular flexibility index (Phi) is 5.67. The van der Waals surface area contributed by atoms with Crippen LogP contribution in [-0.2, 0) is 0 Å². The van der Waals surface area contributed by atoms with Crippen molar-refractivity contribution in [1.29, 1.82) is 0 Å². The number of benzene rings is 1. The highest BCUT2D eigenvalue weighted by Crippen LogP contribution is 2.21. The van der Waals surface area contributed by atoms with E-state index in [9.17, 15) is 4.79 Å². The van der Waals surface area contributed by atoms with Gasteiger partial charge in [-0.05, 0) is 56.5 Å². The summed E-state index contributed by atoms with van der Waals surface area (Å²) in [5, 5.41) is 6.80. The molecule has 1 aromatic carbocycles. The first-order valence-corrected chi connectivity index (χ1v) is 7.78. The smallest absolute Gasteiger partial charge is 0.252 e. The molecular weight excluding hydrogens is 328 g/mol. The van der Waals surface area contributed by atoms with Gasteiger partial charge in [0.2, 0.25) is 0 Å². The molecular formula is C14H18BrClN2O. The summed E-state index contributed by atoms with van der Waals surface area (Å²) in [5.41, 5.74) is 0.534. The summed E-state index contributed by atoms with van der Waals surface area (Å²) in [6.07, 6.45) is 3.51. The number of halogens is 2. The summed E-state index contributed by atoms with van der Waals surface area (Å²) in [6.45, 7) is 2.89. The van der Waals surface area contributed by atoms with E-state index in [1.165, 1.54) is 12.8 Å². The van der Waals surface area contributed by atoms with Crippen molar-refractivity contribution >= 4 is 33.4 Å². The molecule has 0 bridgehead atoms. The summed E-state index contributed by atoms with van der Waals surface area (Å²) in [7, 11) is 0. The number of rotatable bonds is 4. The van der Waals surface area contributed by atoms with E-state index in [1.54, 1.807) is 12.1 Å². The summed E-state index contributed by atoms with van der Waals surface area (Å²) in [5.74, 6) is 0.579. The van der Waals surface area contributed by atoms with Crippen LogP contribution in [0, 0.1) is 5.92 Å². The average molecular weight is 346 g/mol. The van der Waals surface area contributed by atoms with E-state index in [-0.39, 0.29) is 5.91 Å². The summed E-state index contributed by atoms with van der Waals surface area (Å²) in [6, 6.07) is 5.30. The molecule has 1 aliphatic heterocycles. The second-order valence-corrected chi connectivity index (χ2v) is 6.20. The van der Waals surface area contributed by atoms with Crippen LogP contribution in [0.5, 0.6) is 0 Å². The number of hydrogen-bond acceptors (Lipinski definition) is 2. The SMILES string of the molecule is O=C(NCCC1CCCNC1)c1ccc(Br)cc1Cl. The molecule has 0 aliphatic carbocycles. The third-order valence-electron chi connectivity index (χ3n) is 3.41. The van der Waals surface area contributed by atoms with Gasteiger partial charge in [0.05, 0.1) is 10.6 Å². The number of amides is 1. The van der Waals surface area contributed by atoms with E-state index >= 15 is 0 Å².